The average molecular weight is 395 g/mol. The molecule has 2 aromatic heterocycles. The lowest BCUT2D eigenvalue weighted by atomic mass is 9.91. The van der Waals surface area contributed by atoms with Gasteiger partial charge in [0.1, 0.15) is 5.82 Å². The van der Waals surface area contributed by atoms with Crippen LogP contribution >= 0.6 is 0 Å². The molecule has 2 aliphatic rings. The van der Waals surface area contributed by atoms with Crippen molar-refractivity contribution in [3.8, 4) is 0 Å². The first-order chi connectivity index (χ1) is 13.4. The molecule has 1 aliphatic heterocycles. The molecule has 1 N–H and O–H groups in total. The smallest absolute Gasteiger partial charge is 0.376 e. The topological polar surface area (TPSA) is 81.9 Å². The van der Waals surface area contributed by atoms with Gasteiger partial charge in [-0.25, -0.2) is 4.68 Å². The molecule has 2 aromatic rings. The van der Waals surface area contributed by atoms with Crippen LogP contribution < -0.4 is 10.9 Å². The summed E-state index contributed by atoms with van der Waals surface area (Å²) in [5.41, 5.74) is 0.661. The molecule has 0 bridgehead atoms. The molecule has 0 amide bonds. The third-order valence-corrected chi connectivity index (χ3v) is 5.21. The summed E-state index contributed by atoms with van der Waals surface area (Å²) in [6.45, 7) is 1.05. The molecule has 7 nitrogen and oxygen atoms in total. The van der Waals surface area contributed by atoms with Gasteiger partial charge < -0.3 is 10.1 Å². The molecule has 28 heavy (non-hydrogen) atoms. The number of nitrogens with one attached hydrogen (secondary N) is 1. The van der Waals surface area contributed by atoms with E-state index in [1.807, 2.05) is 0 Å². The van der Waals surface area contributed by atoms with E-state index in [0.717, 1.165) is 43.0 Å². The van der Waals surface area contributed by atoms with Crippen LogP contribution in [-0.4, -0.2) is 32.6 Å². The van der Waals surface area contributed by atoms with Crippen molar-refractivity contribution in [1.82, 2.24) is 20.0 Å². The zero-order valence-electron chi connectivity index (χ0n) is 15.1. The Morgan fingerprint density at radius 1 is 1.14 bits per heavy atom. The molecule has 0 atom stereocenters. The summed E-state index contributed by atoms with van der Waals surface area (Å²) in [4.78, 5) is 12.4. The van der Waals surface area contributed by atoms with E-state index in [-0.39, 0.29) is 17.6 Å². The first-order valence-electron chi connectivity index (χ1n) is 9.27. The summed E-state index contributed by atoms with van der Waals surface area (Å²) in [6.07, 6.45) is -0.741. The van der Waals surface area contributed by atoms with E-state index in [1.54, 1.807) is 10.7 Å². The van der Waals surface area contributed by atoms with E-state index < -0.39 is 11.9 Å². The summed E-state index contributed by atoms with van der Waals surface area (Å²) in [7, 11) is 0. The van der Waals surface area contributed by atoms with Crippen LogP contribution in [0.3, 0.4) is 0 Å². The summed E-state index contributed by atoms with van der Waals surface area (Å²) in [5.74, 6) is 0.320. The molecule has 0 spiro atoms. The van der Waals surface area contributed by atoms with Crippen LogP contribution in [0.2, 0.25) is 0 Å². The van der Waals surface area contributed by atoms with Crippen LogP contribution in [-0.2, 0) is 23.9 Å². The van der Waals surface area contributed by atoms with Crippen molar-refractivity contribution in [3.63, 3.8) is 0 Å². The van der Waals surface area contributed by atoms with Crippen molar-refractivity contribution in [1.29, 1.82) is 0 Å². The third-order valence-electron chi connectivity index (χ3n) is 5.21. The number of nitrogens with zero attached hydrogens (tertiary/aromatic N) is 4. The van der Waals surface area contributed by atoms with E-state index in [2.05, 4.69) is 20.6 Å². The molecule has 0 unspecified atom stereocenters. The monoisotopic (exact) mass is 395 g/mol. The van der Waals surface area contributed by atoms with E-state index in [1.165, 1.54) is 6.07 Å². The Morgan fingerprint density at radius 3 is 2.61 bits per heavy atom. The molecule has 150 valence electrons. The number of hydrogen-bond acceptors (Lipinski definition) is 6. The molecule has 1 saturated carbocycles. The van der Waals surface area contributed by atoms with E-state index in [4.69, 9.17) is 4.74 Å². The molecule has 10 heteroatoms. The molecule has 0 radical (unpaired) electrons. The second-order valence-electron chi connectivity index (χ2n) is 7.15. The van der Waals surface area contributed by atoms with Gasteiger partial charge in [0, 0.05) is 24.1 Å². The van der Waals surface area contributed by atoms with Crippen LogP contribution in [0.5, 0.6) is 0 Å². The van der Waals surface area contributed by atoms with Crippen LogP contribution in [0.25, 0.3) is 0 Å². The fraction of sp³-hybridized carbons (Fsp3) is 0.556. The largest absolute Gasteiger partial charge is 0.435 e. The summed E-state index contributed by atoms with van der Waals surface area (Å²) in [5, 5.41) is 14.5. The minimum absolute atomic E-state index is 0.0254. The van der Waals surface area contributed by atoms with Crippen molar-refractivity contribution in [3.05, 3.63) is 45.5 Å². The lowest BCUT2D eigenvalue weighted by molar-refractivity contribution is -0.141. The van der Waals surface area contributed by atoms with Gasteiger partial charge >= 0.3 is 6.18 Å². The number of anilines is 1. The normalized spacial score (nSPS) is 22.5. The van der Waals surface area contributed by atoms with Gasteiger partial charge in [0.05, 0.1) is 24.9 Å². The number of alkyl halides is 3. The zero-order chi connectivity index (χ0) is 19.7. The number of aromatic nitrogens is 4. The first-order valence-corrected chi connectivity index (χ1v) is 9.27. The highest BCUT2D eigenvalue weighted by Gasteiger charge is 2.33. The van der Waals surface area contributed by atoms with E-state index >= 15 is 0 Å². The maximum Gasteiger partial charge on any atom is 0.435 e. The van der Waals surface area contributed by atoms with Crippen LogP contribution in [0.1, 0.15) is 48.7 Å². The van der Waals surface area contributed by atoms with Gasteiger partial charge in [-0.1, -0.05) is 0 Å². The Hall–Kier alpha value is -2.49. The van der Waals surface area contributed by atoms with Crippen molar-refractivity contribution >= 4 is 5.82 Å². The standard InChI is InChI=1S/C18H20F3N5O2/c19-18(20,21)15-5-6-16(24-23-15)22-12-1-3-13(4-2-12)26-17(27)9-11-10-28-8-7-14(11)25-26/h5-6,9,12-13H,1-4,7-8,10H2,(H,22,24). The van der Waals surface area contributed by atoms with Gasteiger partial charge in [0.15, 0.2) is 5.69 Å². The molecule has 4 rings (SSSR count). The second-order valence-corrected chi connectivity index (χ2v) is 7.15. The van der Waals surface area contributed by atoms with Gasteiger partial charge in [-0.3, -0.25) is 4.79 Å². The second kappa shape index (κ2) is 7.50. The van der Waals surface area contributed by atoms with Gasteiger partial charge in [0.2, 0.25) is 0 Å². The number of fused-ring (bicyclic) bond motifs is 1. The molecular weight excluding hydrogens is 375 g/mol. The molecule has 1 aliphatic carbocycles. The molecule has 1 fully saturated rings. The lowest BCUT2D eigenvalue weighted by Crippen LogP contribution is -2.35. The minimum atomic E-state index is -4.50. The Balaban J connectivity index is 1.38. The third kappa shape index (κ3) is 4.01. The van der Waals surface area contributed by atoms with Crippen molar-refractivity contribution in [2.24, 2.45) is 0 Å². The Labute approximate surface area is 158 Å². The highest BCUT2D eigenvalue weighted by Crippen LogP contribution is 2.30. The molecule has 0 saturated heterocycles. The fourth-order valence-corrected chi connectivity index (χ4v) is 3.72. The Morgan fingerprint density at radius 2 is 1.93 bits per heavy atom. The molecule has 0 aromatic carbocycles. The van der Waals surface area contributed by atoms with Crippen LogP contribution in [0.4, 0.5) is 19.0 Å². The predicted octanol–water partition coefficient (Wildman–Crippen LogP) is 2.72. The predicted molar refractivity (Wildman–Crippen MR) is 93.8 cm³/mol. The maximum absolute atomic E-state index is 12.6. The molecule has 3 heterocycles. The van der Waals surface area contributed by atoms with Crippen LogP contribution in [0.15, 0.2) is 23.0 Å². The number of rotatable bonds is 3. The lowest BCUT2D eigenvalue weighted by Gasteiger charge is -2.30. The van der Waals surface area contributed by atoms with E-state index in [9.17, 15) is 18.0 Å². The Bertz CT molecular complexity index is 890. The van der Waals surface area contributed by atoms with Gasteiger partial charge in [0.25, 0.3) is 5.56 Å². The number of ether oxygens (including phenoxy) is 1. The fourth-order valence-electron chi connectivity index (χ4n) is 3.72. The summed E-state index contributed by atoms with van der Waals surface area (Å²) < 4.78 is 44.6. The van der Waals surface area contributed by atoms with Crippen molar-refractivity contribution in [2.75, 3.05) is 11.9 Å². The average Bonchev–Trinajstić information content (AvgIpc) is 2.68. The number of hydrogen-bond donors (Lipinski definition) is 1. The highest BCUT2D eigenvalue weighted by molar-refractivity contribution is 5.34. The SMILES string of the molecule is O=c1cc2c(nn1C1CCC(Nc3ccc(C(F)(F)F)nn3)CC1)CCOC2. The highest BCUT2D eigenvalue weighted by atomic mass is 19.4. The Kier molecular flexibility index (Phi) is 5.05. The van der Waals surface area contributed by atoms with Crippen LogP contribution in [0, 0.1) is 0 Å². The van der Waals surface area contributed by atoms with Crippen molar-refractivity contribution in [2.45, 2.75) is 57.0 Å². The summed E-state index contributed by atoms with van der Waals surface area (Å²) >= 11 is 0. The maximum atomic E-state index is 12.6. The van der Waals surface area contributed by atoms with E-state index in [0.29, 0.717) is 25.5 Å². The van der Waals surface area contributed by atoms with Gasteiger partial charge in [-0.2, -0.15) is 18.3 Å². The van der Waals surface area contributed by atoms with Gasteiger partial charge in [-0.05, 0) is 37.8 Å². The van der Waals surface area contributed by atoms with Crippen molar-refractivity contribution < 1.29 is 17.9 Å². The number of halogens is 3. The quantitative estimate of drug-likeness (QED) is 0.861. The summed E-state index contributed by atoms with van der Waals surface area (Å²) in [6, 6.07) is 3.92. The minimum Gasteiger partial charge on any atom is -0.376 e. The zero-order valence-corrected chi connectivity index (χ0v) is 15.1. The first kappa shape index (κ1) is 18.9. The molecular formula is C18H20F3N5O2. The van der Waals surface area contributed by atoms with Gasteiger partial charge in [-0.15, -0.1) is 10.2 Å².